The molecule has 0 aliphatic rings. The zero-order valence-corrected chi connectivity index (χ0v) is 10.3. The van der Waals surface area contributed by atoms with Crippen molar-refractivity contribution in [2.45, 2.75) is 13.3 Å². The number of aliphatic hydroxyl groups excluding tert-OH is 1. The number of hydrogen-bond acceptors (Lipinski definition) is 3. The van der Waals surface area contributed by atoms with Crippen LogP contribution in [-0.4, -0.2) is 32.4 Å². The number of nitrogens with zero attached hydrogens (tertiary/aromatic N) is 1. The Labute approximate surface area is 97.7 Å². The summed E-state index contributed by atoms with van der Waals surface area (Å²) in [4.78, 5) is 2.15. The third-order valence-electron chi connectivity index (χ3n) is 2.86. The van der Waals surface area contributed by atoms with E-state index in [2.05, 4.69) is 11.8 Å². The second-order valence-corrected chi connectivity index (χ2v) is 4.04. The summed E-state index contributed by atoms with van der Waals surface area (Å²) in [6.45, 7) is 3.20. The molecule has 0 aliphatic heterocycles. The van der Waals surface area contributed by atoms with Gasteiger partial charge in [-0.2, -0.15) is 0 Å². The van der Waals surface area contributed by atoms with Crippen LogP contribution >= 0.6 is 0 Å². The van der Waals surface area contributed by atoms with Gasteiger partial charge in [-0.25, -0.2) is 0 Å². The van der Waals surface area contributed by atoms with Crippen molar-refractivity contribution < 1.29 is 9.84 Å². The maximum Gasteiger partial charge on any atom is 0.120 e. The van der Waals surface area contributed by atoms with Gasteiger partial charge in [0.05, 0.1) is 7.11 Å². The molecule has 0 aromatic heterocycles. The maximum atomic E-state index is 9.17. The number of ether oxygens (including phenoxy) is 1. The fourth-order valence-electron chi connectivity index (χ4n) is 1.66. The molecule has 1 aromatic rings. The summed E-state index contributed by atoms with van der Waals surface area (Å²) in [5, 5.41) is 9.17. The summed E-state index contributed by atoms with van der Waals surface area (Å²) in [7, 11) is 3.70. The average Bonchev–Trinajstić information content (AvgIpc) is 2.35. The van der Waals surface area contributed by atoms with Gasteiger partial charge in [0, 0.05) is 32.0 Å². The standard InChI is InChI=1S/C13H21NO2/c1-4-11(10-15)9-14(2)12-6-5-7-13(8-12)16-3/h5-8,11,15H,4,9-10H2,1-3H3. The summed E-state index contributed by atoms with van der Waals surface area (Å²) in [6, 6.07) is 7.96. The highest BCUT2D eigenvalue weighted by Gasteiger charge is 2.09. The molecule has 0 heterocycles. The molecule has 1 rings (SSSR count). The second-order valence-electron chi connectivity index (χ2n) is 4.04. The van der Waals surface area contributed by atoms with Gasteiger partial charge in [0.2, 0.25) is 0 Å². The van der Waals surface area contributed by atoms with Crippen LogP contribution in [0.25, 0.3) is 0 Å². The lowest BCUT2D eigenvalue weighted by Crippen LogP contribution is -2.27. The molecule has 90 valence electrons. The van der Waals surface area contributed by atoms with Gasteiger partial charge in [0.25, 0.3) is 0 Å². The van der Waals surface area contributed by atoms with E-state index in [9.17, 15) is 5.11 Å². The molecule has 0 radical (unpaired) electrons. The van der Waals surface area contributed by atoms with Crippen molar-refractivity contribution >= 4 is 5.69 Å². The minimum atomic E-state index is 0.241. The predicted molar refractivity (Wildman–Crippen MR) is 67.1 cm³/mol. The third-order valence-corrected chi connectivity index (χ3v) is 2.86. The van der Waals surface area contributed by atoms with E-state index in [-0.39, 0.29) is 6.61 Å². The first-order chi connectivity index (χ1) is 7.71. The van der Waals surface area contributed by atoms with Crippen molar-refractivity contribution in [2.24, 2.45) is 5.92 Å². The molecule has 3 nitrogen and oxygen atoms in total. The Morgan fingerprint density at radius 1 is 1.44 bits per heavy atom. The fourth-order valence-corrected chi connectivity index (χ4v) is 1.66. The molecule has 3 heteroatoms. The van der Waals surface area contributed by atoms with Gasteiger partial charge < -0.3 is 14.7 Å². The molecule has 0 fully saturated rings. The molecule has 1 atom stereocenters. The zero-order valence-electron chi connectivity index (χ0n) is 10.3. The van der Waals surface area contributed by atoms with Gasteiger partial charge in [-0.3, -0.25) is 0 Å². The zero-order chi connectivity index (χ0) is 12.0. The molecule has 0 amide bonds. The molecule has 0 saturated heterocycles. The van der Waals surface area contributed by atoms with Crippen molar-refractivity contribution in [3.05, 3.63) is 24.3 Å². The van der Waals surface area contributed by atoms with E-state index in [1.165, 1.54) is 0 Å². The molecule has 1 aromatic carbocycles. The van der Waals surface area contributed by atoms with Crippen molar-refractivity contribution in [1.82, 2.24) is 0 Å². The molecule has 1 N–H and O–H groups in total. The number of benzene rings is 1. The van der Waals surface area contributed by atoms with Gasteiger partial charge in [0.15, 0.2) is 0 Å². The minimum absolute atomic E-state index is 0.241. The average molecular weight is 223 g/mol. The molecule has 16 heavy (non-hydrogen) atoms. The predicted octanol–water partition coefficient (Wildman–Crippen LogP) is 2.15. The van der Waals surface area contributed by atoms with Gasteiger partial charge in [-0.1, -0.05) is 13.0 Å². The molecular formula is C13H21NO2. The van der Waals surface area contributed by atoms with E-state index in [0.29, 0.717) is 5.92 Å². The Hall–Kier alpha value is -1.22. The Morgan fingerprint density at radius 2 is 2.19 bits per heavy atom. The number of rotatable bonds is 6. The fraction of sp³-hybridized carbons (Fsp3) is 0.538. The first kappa shape index (κ1) is 12.8. The Balaban J connectivity index is 2.67. The highest BCUT2D eigenvalue weighted by molar-refractivity contribution is 5.50. The van der Waals surface area contributed by atoms with Crippen LogP contribution in [0.5, 0.6) is 5.75 Å². The summed E-state index contributed by atoms with van der Waals surface area (Å²) < 4.78 is 5.19. The Kier molecular flexibility index (Phi) is 5.12. The molecule has 1 unspecified atom stereocenters. The highest BCUT2D eigenvalue weighted by Crippen LogP contribution is 2.20. The van der Waals surface area contributed by atoms with Crippen LogP contribution in [0, 0.1) is 5.92 Å². The minimum Gasteiger partial charge on any atom is -0.497 e. The quantitative estimate of drug-likeness (QED) is 0.802. The van der Waals surface area contributed by atoms with Crippen molar-refractivity contribution in [2.75, 3.05) is 32.2 Å². The van der Waals surface area contributed by atoms with Gasteiger partial charge in [-0.15, -0.1) is 0 Å². The lowest BCUT2D eigenvalue weighted by molar-refractivity contribution is 0.225. The van der Waals surface area contributed by atoms with E-state index < -0.39 is 0 Å². The van der Waals surface area contributed by atoms with Crippen molar-refractivity contribution in [3.63, 3.8) is 0 Å². The van der Waals surface area contributed by atoms with E-state index in [4.69, 9.17) is 4.74 Å². The number of aliphatic hydroxyl groups is 1. The summed E-state index contributed by atoms with van der Waals surface area (Å²) in [5.41, 5.74) is 1.12. The van der Waals surface area contributed by atoms with Crippen molar-refractivity contribution in [1.29, 1.82) is 0 Å². The molecular weight excluding hydrogens is 202 g/mol. The first-order valence-electron chi connectivity index (χ1n) is 5.67. The molecule has 0 spiro atoms. The first-order valence-corrected chi connectivity index (χ1v) is 5.67. The Morgan fingerprint density at radius 3 is 2.75 bits per heavy atom. The molecule has 0 bridgehead atoms. The monoisotopic (exact) mass is 223 g/mol. The topological polar surface area (TPSA) is 32.7 Å². The van der Waals surface area contributed by atoms with E-state index in [1.807, 2.05) is 31.3 Å². The number of hydrogen-bond donors (Lipinski definition) is 1. The van der Waals surface area contributed by atoms with Crippen LogP contribution in [0.4, 0.5) is 5.69 Å². The van der Waals surface area contributed by atoms with Crippen LogP contribution in [0.3, 0.4) is 0 Å². The SMILES string of the molecule is CCC(CO)CN(C)c1cccc(OC)c1. The van der Waals surface area contributed by atoms with E-state index in [1.54, 1.807) is 7.11 Å². The number of anilines is 1. The van der Waals surface area contributed by atoms with Crippen molar-refractivity contribution in [3.8, 4) is 5.75 Å². The van der Waals surface area contributed by atoms with Gasteiger partial charge in [0.1, 0.15) is 5.75 Å². The lowest BCUT2D eigenvalue weighted by Gasteiger charge is -2.24. The lowest BCUT2D eigenvalue weighted by atomic mass is 10.1. The molecule has 0 aliphatic carbocycles. The maximum absolute atomic E-state index is 9.17. The normalized spacial score (nSPS) is 12.2. The summed E-state index contributed by atoms with van der Waals surface area (Å²) in [6.07, 6.45) is 0.991. The number of methoxy groups -OCH3 is 1. The smallest absolute Gasteiger partial charge is 0.120 e. The third kappa shape index (κ3) is 3.42. The van der Waals surface area contributed by atoms with Gasteiger partial charge >= 0.3 is 0 Å². The Bertz CT molecular complexity index is 311. The second kappa shape index (κ2) is 6.38. The van der Waals surface area contributed by atoms with Crippen LogP contribution in [0.2, 0.25) is 0 Å². The summed E-state index contributed by atoms with van der Waals surface area (Å²) >= 11 is 0. The van der Waals surface area contributed by atoms with Crippen LogP contribution < -0.4 is 9.64 Å². The van der Waals surface area contributed by atoms with Crippen LogP contribution in [0.15, 0.2) is 24.3 Å². The molecule has 0 saturated carbocycles. The largest absolute Gasteiger partial charge is 0.497 e. The summed E-state index contributed by atoms with van der Waals surface area (Å²) in [5.74, 6) is 1.19. The van der Waals surface area contributed by atoms with Crippen LogP contribution in [0.1, 0.15) is 13.3 Å². The van der Waals surface area contributed by atoms with E-state index >= 15 is 0 Å². The van der Waals surface area contributed by atoms with Crippen LogP contribution in [-0.2, 0) is 0 Å². The highest BCUT2D eigenvalue weighted by atomic mass is 16.5. The van der Waals surface area contributed by atoms with Gasteiger partial charge in [-0.05, 0) is 24.5 Å². The van der Waals surface area contributed by atoms with E-state index in [0.717, 1.165) is 24.4 Å².